The van der Waals surface area contributed by atoms with Crippen molar-refractivity contribution < 1.29 is 9.47 Å². The Morgan fingerprint density at radius 2 is 2.15 bits per heavy atom. The van der Waals surface area contributed by atoms with Crippen molar-refractivity contribution in [2.45, 2.75) is 25.8 Å². The molecule has 2 heterocycles. The Morgan fingerprint density at radius 3 is 2.90 bits per heavy atom. The molecule has 1 saturated heterocycles. The van der Waals surface area contributed by atoms with E-state index in [0.29, 0.717) is 19.3 Å². The van der Waals surface area contributed by atoms with Gasteiger partial charge in [-0.2, -0.15) is 11.8 Å². The molecule has 0 saturated carbocycles. The predicted octanol–water partition coefficient (Wildman–Crippen LogP) is 3.25. The average molecular weight is 293 g/mol. The third-order valence-electron chi connectivity index (χ3n) is 3.98. The predicted molar refractivity (Wildman–Crippen MR) is 83.9 cm³/mol. The molecule has 1 aromatic rings. The average Bonchev–Trinajstić information content (AvgIpc) is 3.02. The first-order chi connectivity index (χ1) is 9.88. The van der Waals surface area contributed by atoms with Crippen molar-refractivity contribution in [2.24, 2.45) is 5.92 Å². The lowest BCUT2D eigenvalue weighted by Gasteiger charge is -2.26. The lowest BCUT2D eigenvalue weighted by atomic mass is 9.92. The van der Waals surface area contributed by atoms with Crippen LogP contribution in [0.3, 0.4) is 0 Å². The quantitative estimate of drug-likeness (QED) is 0.903. The highest BCUT2D eigenvalue weighted by atomic mass is 32.2. The van der Waals surface area contributed by atoms with Gasteiger partial charge in [0.2, 0.25) is 0 Å². The Morgan fingerprint density at radius 1 is 1.30 bits per heavy atom. The van der Waals surface area contributed by atoms with Gasteiger partial charge in [-0.25, -0.2) is 0 Å². The molecule has 0 aliphatic carbocycles. The van der Waals surface area contributed by atoms with Gasteiger partial charge in [-0.3, -0.25) is 0 Å². The van der Waals surface area contributed by atoms with Crippen molar-refractivity contribution in [1.82, 2.24) is 5.32 Å². The lowest BCUT2D eigenvalue weighted by molar-refractivity contribution is 0.171. The van der Waals surface area contributed by atoms with Gasteiger partial charge in [0.25, 0.3) is 0 Å². The van der Waals surface area contributed by atoms with Gasteiger partial charge in [0.1, 0.15) is 13.2 Å². The molecule has 2 unspecified atom stereocenters. The van der Waals surface area contributed by atoms with Crippen LogP contribution < -0.4 is 14.8 Å². The highest BCUT2D eigenvalue weighted by Crippen LogP contribution is 2.38. The summed E-state index contributed by atoms with van der Waals surface area (Å²) in [7, 11) is 0. The summed E-state index contributed by atoms with van der Waals surface area (Å²) < 4.78 is 11.3. The third kappa shape index (κ3) is 3.07. The molecule has 1 aromatic carbocycles. The fourth-order valence-electron chi connectivity index (χ4n) is 2.93. The minimum Gasteiger partial charge on any atom is -0.486 e. The Hall–Kier alpha value is -0.870. The van der Waals surface area contributed by atoms with Crippen LogP contribution in [0.25, 0.3) is 0 Å². The fourth-order valence-corrected chi connectivity index (χ4v) is 4.22. The van der Waals surface area contributed by atoms with Gasteiger partial charge in [-0.1, -0.05) is 13.0 Å². The Balaban J connectivity index is 1.81. The zero-order valence-corrected chi connectivity index (χ0v) is 12.9. The summed E-state index contributed by atoms with van der Waals surface area (Å²) in [6, 6.07) is 6.88. The van der Waals surface area contributed by atoms with Crippen LogP contribution in [-0.4, -0.2) is 31.3 Å². The zero-order chi connectivity index (χ0) is 13.8. The fraction of sp³-hybridized carbons (Fsp3) is 0.625. The smallest absolute Gasteiger partial charge is 0.161 e. The molecule has 20 heavy (non-hydrogen) atoms. The van der Waals surface area contributed by atoms with Crippen molar-refractivity contribution in [3.05, 3.63) is 23.8 Å². The largest absolute Gasteiger partial charge is 0.486 e. The van der Waals surface area contributed by atoms with E-state index in [1.807, 2.05) is 0 Å². The summed E-state index contributed by atoms with van der Waals surface area (Å²) in [5.74, 6) is 5.07. The molecule has 2 atom stereocenters. The van der Waals surface area contributed by atoms with Crippen LogP contribution >= 0.6 is 11.8 Å². The maximum Gasteiger partial charge on any atom is 0.161 e. The minimum absolute atomic E-state index is 0.445. The highest BCUT2D eigenvalue weighted by molar-refractivity contribution is 7.99. The maximum atomic E-state index is 5.72. The molecule has 1 N–H and O–H groups in total. The molecule has 3 rings (SSSR count). The maximum absolute atomic E-state index is 5.72. The van der Waals surface area contributed by atoms with E-state index in [4.69, 9.17) is 9.47 Å². The molecular weight excluding hydrogens is 270 g/mol. The Labute approximate surface area is 125 Å². The number of hydrogen-bond donors (Lipinski definition) is 1. The molecule has 2 aliphatic heterocycles. The lowest BCUT2D eigenvalue weighted by Crippen LogP contribution is -2.29. The van der Waals surface area contributed by atoms with Crippen LogP contribution in [0.2, 0.25) is 0 Å². The van der Waals surface area contributed by atoms with Crippen LogP contribution in [0.15, 0.2) is 18.2 Å². The number of hydrogen-bond acceptors (Lipinski definition) is 4. The summed E-state index contributed by atoms with van der Waals surface area (Å²) in [6.07, 6.45) is 2.47. The van der Waals surface area contributed by atoms with Gasteiger partial charge in [0, 0.05) is 6.04 Å². The first-order valence-corrected chi connectivity index (χ1v) is 8.74. The van der Waals surface area contributed by atoms with E-state index >= 15 is 0 Å². The standard InChI is InChI=1S/C16H23NO2S/c1-2-6-17-16(13-5-9-20-11-13)12-3-4-14-15(10-12)19-8-7-18-14/h3-4,10,13,16-17H,2,5-9,11H2,1H3. The summed E-state index contributed by atoms with van der Waals surface area (Å²) >= 11 is 2.07. The summed E-state index contributed by atoms with van der Waals surface area (Å²) in [4.78, 5) is 0. The molecule has 0 bridgehead atoms. The van der Waals surface area contributed by atoms with Crippen molar-refractivity contribution in [2.75, 3.05) is 31.3 Å². The highest BCUT2D eigenvalue weighted by Gasteiger charge is 2.27. The second-order valence-electron chi connectivity index (χ2n) is 5.46. The molecular formula is C16H23NO2S. The van der Waals surface area contributed by atoms with Crippen LogP contribution in [0.5, 0.6) is 11.5 Å². The van der Waals surface area contributed by atoms with E-state index < -0.39 is 0 Å². The van der Waals surface area contributed by atoms with E-state index in [-0.39, 0.29) is 0 Å². The number of fused-ring (bicyclic) bond motifs is 1. The van der Waals surface area contributed by atoms with E-state index in [1.54, 1.807) is 0 Å². The van der Waals surface area contributed by atoms with Gasteiger partial charge in [0.05, 0.1) is 0 Å². The normalized spacial score (nSPS) is 22.8. The van der Waals surface area contributed by atoms with Gasteiger partial charge in [0.15, 0.2) is 11.5 Å². The second kappa shape index (κ2) is 6.72. The van der Waals surface area contributed by atoms with Crippen molar-refractivity contribution >= 4 is 11.8 Å². The summed E-state index contributed by atoms with van der Waals surface area (Å²) in [6.45, 7) is 4.60. The monoisotopic (exact) mass is 293 g/mol. The Kier molecular flexibility index (Phi) is 4.73. The number of ether oxygens (including phenoxy) is 2. The van der Waals surface area contributed by atoms with Crippen LogP contribution in [0.1, 0.15) is 31.4 Å². The van der Waals surface area contributed by atoms with Crippen LogP contribution in [0, 0.1) is 5.92 Å². The SMILES string of the molecule is CCCNC(c1ccc2c(c1)OCCO2)C1CCSC1. The molecule has 4 heteroatoms. The molecule has 0 amide bonds. The van der Waals surface area contributed by atoms with E-state index in [1.165, 1.54) is 29.9 Å². The van der Waals surface area contributed by atoms with Gasteiger partial charge < -0.3 is 14.8 Å². The number of thioether (sulfide) groups is 1. The summed E-state index contributed by atoms with van der Waals surface area (Å²) in [5, 5.41) is 3.72. The zero-order valence-electron chi connectivity index (χ0n) is 12.1. The molecule has 2 aliphatic rings. The summed E-state index contributed by atoms with van der Waals surface area (Å²) in [5.41, 5.74) is 1.34. The van der Waals surface area contributed by atoms with Crippen molar-refractivity contribution in [3.63, 3.8) is 0 Å². The van der Waals surface area contributed by atoms with E-state index in [2.05, 4.69) is 42.2 Å². The van der Waals surface area contributed by atoms with E-state index in [9.17, 15) is 0 Å². The van der Waals surface area contributed by atoms with E-state index in [0.717, 1.165) is 24.0 Å². The second-order valence-corrected chi connectivity index (χ2v) is 6.61. The third-order valence-corrected chi connectivity index (χ3v) is 5.16. The molecule has 1 fully saturated rings. The van der Waals surface area contributed by atoms with Gasteiger partial charge >= 0.3 is 0 Å². The van der Waals surface area contributed by atoms with Crippen molar-refractivity contribution in [3.8, 4) is 11.5 Å². The first kappa shape index (κ1) is 14.1. The Bertz CT molecular complexity index is 446. The molecule has 0 radical (unpaired) electrons. The number of benzene rings is 1. The van der Waals surface area contributed by atoms with Crippen LogP contribution in [0.4, 0.5) is 0 Å². The topological polar surface area (TPSA) is 30.5 Å². The minimum atomic E-state index is 0.445. The first-order valence-electron chi connectivity index (χ1n) is 7.59. The molecule has 3 nitrogen and oxygen atoms in total. The van der Waals surface area contributed by atoms with Gasteiger partial charge in [-0.05, 0) is 54.5 Å². The van der Waals surface area contributed by atoms with Crippen molar-refractivity contribution in [1.29, 1.82) is 0 Å². The number of rotatable bonds is 5. The molecule has 110 valence electrons. The molecule has 0 spiro atoms. The van der Waals surface area contributed by atoms with Crippen LogP contribution in [-0.2, 0) is 0 Å². The number of nitrogens with one attached hydrogen (secondary N) is 1. The molecule has 0 aromatic heterocycles. The van der Waals surface area contributed by atoms with Gasteiger partial charge in [-0.15, -0.1) is 0 Å².